The third kappa shape index (κ3) is 6.59. The summed E-state index contributed by atoms with van der Waals surface area (Å²) in [7, 11) is 1.35. The Morgan fingerprint density at radius 2 is 1.74 bits per heavy atom. The average Bonchev–Trinajstić information content (AvgIpc) is 2.75. The first-order valence-corrected chi connectivity index (χ1v) is 10.9. The van der Waals surface area contributed by atoms with Crippen molar-refractivity contribution in [1.82, 2.24) is 4.98 Å². The van der Waals surface area contributed by atoms with E-state index in [1.165, 1.54) is 33.2 Å². The number of ketones is 1. The Balaban J connectivity index is 2.17. The molecular formula is C25H29F2NO6. The molecule has 3 atom stereocenters. The first kappa shape index (κ1) is 26.9. The van der Waals surface area contributed by atoms with Crippen LogP contribution in [0.4, 0.5) is 8.78 Å². The molecular weight excluding hydrogens is 448 g/mol. The van der Waals surface area contributed by atoms with Crippen LogP contribution in [-0.4, -0.2) is 35.9 Å². The van der Waals surface area contributed by atoms with Crippen LogP contribution in [-0.2, 0) is 14.3 Å². The minimum absolute atomic E-state index is 0.116. The molecule has 0 aliphatic rings. The molecule has 0 aliphatic carbocycles. The maximum atomic E-state index is 14.4. The van der Waals surface area contributed by atoms with E-state index in [2.05, 4.69) is 4.98 Å². The molecule has 34 heavy (non-hydrogen) atoms. The molecule has 0 aliphatic heterocycles. The van der Waals surface area contributed by atoms with Crippen molar-refractivity contribution in [2.75, 3.05) is 7.11 Å². The largest absolute Gasteiger partial charge is 0.493 e. The van der Waals surface area contributed by atoms with E-state index >= 15 is 0 Å². The predicted octanol–water partition coefficient (Wildman–Crippen LogP) is 4.87. The molecule has 1 aromatic heterocycles. The van der Waals surface area contributed by atoms with Crippen LogP contribution >= 0.6 is 0 Å². The third-order valence-electron chi connectivity index (χ3n) is 5.34. The van der Waals surface area contributed by atoms with Crippen molar-refractivity contribution in [3.05, 3.63) is 53.4 Å². The van der Waals surface area contributed by atoms with Gasteiger partial charge in [-0.3, -0.25) is 14.4 Å². The minimum atomic E-state index is -0.877. The highest BCUT2D eigenvalue weighted by molar-refractivity contribution is 5.99. The topological polar surface area (TPSA) is 91.8 Å². The molecule has 2 rings (SSSR count). The van der Waals surface area contributed by atoms with Crippen LogP contribution in [0.25, 0.3) is 0 Å². The second-order valence-electron chi connectivity index (χ2n) is 8.39. The van der Waals surface area contributed by atoms with Gasteiger partial charge in [0.05, 0.1) is 13.0 Å². The van der Waals surface area contributed by atoms with Gasteiger partial charge in [-0.05, 0) is 36.6 Å². The highest BCUT2D eigenvalue weighted by Gasteiger charge is 2.31. The number of carbonyl (C=O) groups excluding carboxylic acids is 3. The molecule has 9 heteroatoms. The molecule has 0 spiro atoms. The summed E-state index contributed by atoms with van der Waals surface area (Å²) in [6, 6.07) is 4.60. The number of hydrogen-bond donors (Lipinski definition) is 0. The van der Waals surface area contributed by atoms with E-state index in [1.54, 1.807) is 6.92 Å². The van der Waals surface area contributed by atoms with Gasteiger partial charge < -0.3 is 14.2 Å². The lowest BCUT2D eigenvalue weighted by Gasteiger charge is -2.29. The Bertz CT molecular complexity index is 1060. The Kier molecular flexibility index (Phi) is 9.23. The maximum Gasteiger partial charge on any atom is 0.309 e. The monoisotopic (exact) mass is 477 g/mol. The van der Waals surface area contributed by atoms with Gasteiger partial charge in [-0.25, -0.2) is 13.8 Å². The van der Waals surface area contributed by atoms with Crippen molar-refractivity contribution in [3.8, 4) is 11.5 Å². The van der Waals surface area contributed by atoms with Crippen LogP contribution < -0.4 is 9.47 Å². The van der Waals surface area contributed by atoms with Crippen molar-refractivity contribution in [2.45, 2.75) is 53.1 Å². The molecule has 0 unspecified atom stereocenters. The van der Waals surface area contributed by atoms with Crippen molar-refractivity contribution < 1.29 is 37.4 Å². The Hall–Kier alpha value is -3.36. The Labute approximate surface area is 197 Å². The number of pyridine rings is 1. The number of nitrogens with zero attached hydrogens (tertiary/aromatic N) is 1. The fraction of sp³-hybridized carbons (Fsp3) is 0.440. The van der Waals surface area contributed by atoms with Gasteiger partial charge in [-0.1, -0.05) is 20.8 Å². The van der Waals surface area contributed by atoms with E-state index in [1.807, 2.05) is 13.8 Å². The number of ether oxygens (including phenoxy) is 3. The minimum Gasteiger partial charge on any atom is -0.493 e. The zero-order chi connectivity index (χ0) is 25.6. The SMILES string of the molecule is COc1ccnc(C(=O)C[C@@H](C)C(=O)O[C@@H](C)[C@H](c2cc(F)ccc2F)C(C)C)c1OC(C)=O. The molecule has 7 nitrogen and oxygen atoms in total. The lowest BCUT2D eigenvalue weighted by molar-refractivity contribution is -0.154. The normalized spacial score (nSPS) is 13.7. The second kappa shape index (κ2) is 11.7. The average molecular weight is 478 g/mol. The summed E-state index contributed by atoms with van der Waals surface area (Å²) in [5.74, 6) is -4.69. The van der Waals surface area contributed by atoms with Crippen LogP contribution in [0.15, 0.2) is 30.5 Å². The smallest absolute Gasteiger partial charge is 0.309 e. The Morgan fingerprint density at radius 3 is 2.32 bits per heavy atom. The fourth-order valence-electron chi connectivity index (χ4n) is 3.79. The quantitative estimate of drug-likeness (QED) is 0.356. The number of aromatic nitrogens is 1. The Morgan fingerprint density at radius 1 is 1.06 bits per heavy atom. The lowest BCUT2D eigenvalue weighted by atomic mass is 9.84. The van der Waals surface area contributed by atoms with Gasteiger partial charge in [-0.15, -0.1) is 0 Å². The molecule has 1 aromatic carbocycles. The molecule has 184 valence electrons. The van der Waals surface area contributed by atoms with E-state index in [9.17, 15) is 23.2 Å². The van der Waals surface area contributed by atoms with Gasteiger partial charge >= 0.3 is 11.9 Å². The predicted molar refractivity (Wildman–Crippen MR) is 120 cm³/mol. The summed E-state index contributed by atoms with van der Waals surface area (Å²) >= 11 is 0. The van der Waals surface area contributed by atoms with E-state index in [4.69, 9.17) is 14.2 Å². The van der Waals surface area contributed by atoms with Crippen molar-refractivity contribution >= 4 is 17.7 Å². The zero-order valence-corrected chi connectivity index (χ0v) is 20.1. The number of hydrogen-bond acceptors (Lipinski definition) is 7. The fourth-order valence-corrected chi connectivity index (χ4v) is 3.79. The molecule has 0 saturated carbocycles. The number of halogens is 2. The van der Waals surface area contributed by atoms with Crippen molar-refractivity contribution in [3.63, 3.8) is 0 Å². The van der Waals surface area contributed by atoms with Crippen LogP contribution in [0.3, 0.4) is 0 Å². The molecule has 0 saturated heterocycles. The first-order valence-electron chi connectivity index (χ1n) is 10.9. The van der Waals surface area contributed by atoms with E-state index in [0.717, 1.165) is 18.2 Å². The van der Waals surface area contributed by atoms with Crippen LogP contribution in [0.5, 0.6) is 11.5 Å². The van der Waals surface area contributed by atoms with Gasteiger partial charge in [-0.2, -0.15) is 0 Å². The third-order valence-corrected chi connectivity index (χ3v) is 5.34. The molecule has 0 N–H and O–H groups in total. The summed E-state index contributed by atoms with van der Waals surface area (Å²) < 4.78 is 43.9. The van der Waals surface area contributed by atoms with Crippen LogP contribution in [0, 0.1) is 23.5 Å². The molecule has 0 fully saturated rings. The van der Waals surface area contributed by atoms with Crippen molar-refractivity contribution in [2.24, 2.45) is 11.8 Å². The molecule has 2 aromatic rings. The lowest BCUT2D eigenvalue weighted by Crippen LogP contribution is -2.30. The van der Waals surface area contributed by atoms with E-state index < -0.39 is 47.3 Å². The number of Topliss-reactive ketones (excluding diaryl/α,β-unsaturated/α-hetero) is 1. The number of methoxy groups -OCH3 is 1. The van der Waals surface area contributed by atoms with Gasteiger partial charge in [0, 0.05) is 31.5 Å². The number of rotatable bonds is 10. The summed E-state index contributed by atoms with van der Waals surface area (Å²) in [6.45, 7) is 7.92. The van der Waals surface area contributed by atoms with Crippen LogP contribution in [0.2, 0.25) is 0 Å². The summed E-state index contributed by atoms with van der Waals surface area (Å²) in [4.78, 5) is 41.0. The van der Waals surface area contributed by atoms with E-state index in [-0.39, 0.29) is 35.1 Å². The maximum absolute atomic E-state index is 14.4. The number of esters is 2. The van der Waals surface area contributed by atoms with Crippen molar-refractivity contribution in [1.29, 1.82) is 0 Å². The summed E-state index contributed by atoms with van der Waals surface area (Å²) in [5, 5.41) is 0. The highest BCUT2D eigenvalue weighted by atomic mass is 19.1. The van der Waals surface area contributed by atoms with E-state index in [0.29, 0.717) is 0 Å². The van der Waals surface area contributed by atoms with Gasteiger partial charge in [0.25, 0.3) is 0 Å². The second-order valence-corrected chi connectivity index (χ2v) is 8.39. The zero-order valence-electron chi connectivity index (χ0n) is 20.1. The molecule has 0 radical (unpaired) electrons. The standard InChI is InChI=1S/C25H29F2NO6/c1-13(2)22(18-12-17(26)7-8-19(18)27)15(4)33-25(31)14(3)11-20(30)23-24(34-16(5)29)21(32-6)9-10-28-23/h7-10,12-15,22H,11H2,1-6H3/t14-,15+,22-/m1/s1. The summed E-state index contributed by atoms with van der Waals surface area (Å²) in [5.41, 5.74) is -0.0326. The summed E-state index contributed by atoms with van der Waals surface area (Å²) in [6.07, 6.45) is 0.263. The molecule has 0 amide bonds. The molecule has 0 bridgehead atoms. The number of benzene rings is 1. The van der Waals surface area contributed by atoms with Gasteiger partial charge in [0.2, 0.25) is 5.75 Å². The van der Waals surface area contributed by atoms with Gasteiger partial charge in [0.15, 0.2) is 17.2 Å². The first-order chi connectivity index (χ1) is 16.0. The molecule has 1 heterocycles. The van der Waals surface area contributed by atoms with Crippen LogP contribution in [0.1, 0.15) is 63.0 Å². The highest BCUT2D eigenvalue weighted by Crippen LogP contribution is 2.34. The number of carbonyl (C=O) groups is 3. The van der Waals surface area contributed by atoms with Gasteiger partial charge in [0.1, 0.15) is 17.7 Å².